The number of esters is 1. The Morgan fingerprint density at radius 2 is 1.80 bits per heavy atom. The van der Waals surface area contributed by atoms with E-state index in [1.54, 1.807) is 42.5 Å². The van der Waals surface area contributed by atoms with Gasteiger partial charge in [-0.1, -0.05) is 23.4 Å². The molecule has 44 heavy (non-hydrogen) atoms. The molecular weight excluding hydrogens is 591 g/mol. The summed E-state index contributed by atoms with van der Waals surface area (Å²) in [5.41, 5.74) is 1.57. The summed E-state index contributed by atoms with van der Waals surface area (Å²) in [7, 11) is -1.18. The van der Waals surface area contributed by atoms with Crippen molar-refractivity contribution >= 4 is 26.9 Å². The highest BCUT2D eigenvalue weighted by molar-refractivity contribution is 7.89. The number of hydrogen-bond donors (Lipinski definition) is 1. The van der Waals surface area contributed by atoms with Crippen LogP contribution in [0.1, 0.15) is 30.8 Å². The van der Waals surface area contributed by atoms with Gasteiger partial charge in [0.05, 0.1) is 37.4 Å². The maximum Gasteiger partial charge on any atom is 0.305 e. The van der Waals surface area contributed by atoms with E-state index in [1.807, 2.05) is 0 Å². The molecule has 13 heteroatoms. The maximum absolute atomic E-state index is 13.7. The van der Waals surface area contributed by atoms with Crippen LogP contribution in [0.25, 0.3) is 27.8 Å². The quantitative estimate of drug-likeness (QED) is 0.157. The first-order chi connectivity index (χ1) is 21.2. The Morgan fingerprint density at radius 1 is 1.02 bits per heavy atom. The second-order valence-corrected chi connectivity index (χ2v) is 11.5. The number of sulfonamides is 1. The minimum atomic E-state index is -3.90. The first-order valence-corrected chi connectivity index (χ1v) is 15.2. The third kappa shape index (κ3) is 6.68. The zero-order valence-corrected chi connectivity index (χ0v) is 24.8. The van der Waals surface area contributed by atoms with Gasteiger partial charge in [0.25, 0.3) is 5.56 Å². The molecule has 228 valence electrons. The minimum absolute atomic E-state index is 0.00441. The molecule has 0 aliphatic rings. The van der Waals surface area contributed by atoms with Crippen LogP contribution in [0.5, 0.6) is 5.75 Å². The highest BCUT2D eigenvalue weighted by Crippen LogP contribution is 2.25. The fraction of sp³-hybridized carbons (Fsp3) is 0.226. The van der Waals surface area contributed by atoms with Crippen molar-refractivity contribution in [3.8, 4) is 22.7 Å². The first kappa shape index (κ1) is 30.6. The van der Waals surface area contributed by atoms with Crippen LogP contribution in [0.4, 0.5) is 4.39 Å². The van der Waals surface area contributed by atoms with Gasteiger partial charge in [0.1, 0.15) is 28.0 Å². The molecule has 5 rings (SSSR count). The van der Waals surface area contributed by atoms with Crippen molar-refractivity contribution in [3.63, 3.8) is 0 Å². The average Bonchev–Trinajstić information content (AvgIpc) is 3.52. The van der Waals surface area contributed by atoms with Gasteiger partial charge in [-0.05, 0) is 61.4 Å². The maximum atomic E-state index is 13.7. The number of carbonyl (C=O) groups excluding carboxylic acids is 1. The average molecular weight is 621 g/mol. The number of benzene rings is 3. The molecule has 11 nitrogen and oxygen atoms in total. The number of hydrogen-bond acceptors (Lipinski definition) is 9. The van der Waals surface area contributed by atoms with Crippen LogP contribution < -0.4 is 15.0 Å². The lowest BCUT2D eigenvalue weighted by molar-refractivity contribution is -0.140. The number of halogens is 1. The molecule has 0 saturated carbocycles. The Balaban J connectivity index is 1.42. The molecule has 5 aromatic rings. The van der Waals surface area contributed by atoms with Gasteiger partial charge in [-0.25, -0.2) is 22.5 Å². The predicted molar refractivity (Wildman–Crippen MR) is 159 cm³/mol. The van der Waals surface area contributed by atoms with Crippen LogP contribution >= 0.6 is 0 Å². The lowest BCUT2D eigenvalue weighted by Gasteiger charge is -2.14. The van der Waals surface area contributed by atoms with Crippen molar-refractivity contribution < 1.29 is 31.6 Å². The van der Waals surface area contributed by atoms with Gasteiger partial charge in [0, 0.05) is 24.5 Å². The van der Waals surface area contributed by atoms with E-state index in [-0.39, 0.29) is 40.9 Å². The molecule has 2 heterocycles. The Kier molecular flexibility index (Phi) is 9.16. The predicted octanol–water partition coefficient (Wildman–Crippen LogP) is 4.55. The Bertz CT molecular complexity index is 1970. The Labute approximate surface area is 252 Å². The number of nitrogens with zero attached hydrogens (tertiary/aromatic N) is 3. The number of para-hydroxylation sites is 1. The number of unbranched alkanes of at least 4 members (excludes halogenated alkanes) is 1. The highest BCUT2D eigenvalue weighted by Gasteiger charge is 2.20. The molecule has 0 aliphatic carbocycles. The number of fused-ring (bicyclic) bond motifs is 1. The standard InChI is InChI=1S/C31H29FN4O7S/c1-41-27-7-3-4-8-28(27)44(39,40)33-19-23-18-25(35-43-23)20-11-16-24-26(17-20)34-29(9-5-6-10-30(37)42-2)36(31(24)38)22-14-12-21(32)13-15-22/h3-4,7-8,11-18,33H,5-6,9-10,19H2,1-2H3. The summed E-state index contributed by atoms with van der Waals surface area (Å²) in [5.74, 6) is 0.173. The van der Waals surface area contributed by atoms with Gasteiger partial charge in [-0.2, -0.15) is 0 Å². The van der Waals surface area contributed by atoms with Crippen molar-refractivity contribution in [1.82, 2.24) is 19.4 Å². The van der Waals surface area contributed by atoms with Crippen molar-refractivity contribution in [2.24, 2.45) is 0 Å². The summed E-state index contributed by atoms with van der Waals surface area (Å²) < 4.78 is 58.5. The molecule has 0 amide bonds. The van der Waals surface area contributed by atoms with Crippen LogP contribution in [0.3, 0.4) is 0 Å². The monoisotopic (exact) mass is 620 g/mol. The molecule has 0 bridgehead atoms. The second-order valence-electron chi connectivity index (χ2n) is 9.81. The number of aromatic nitrogens is 3. The van der Waals surface area contributed by atoms with E-state index in [4.69, 9.17) is 19.0 Å². The summed E-state index contributed by atoms with van der Waals surface area (Å²) in [6.07, 6.45) is 1.71. The zero-order valence-electron chi connectivity index (χ0n) is 23.9. The molecule has 0 radical (unpaired) electrons. The number of methoxy groups -OCH3 is 2. The summed E-state index contributed by atoms with van der Waals surface area (Å²) in [4.78, 5) is 30.0. The van der Waals surface area contributed by atoms with Gasteiger partial charge in [-0.15, -0.1) is 0 Å². The molecule has 0 atom stereocenters. The van der Waals surface area contributed by atoms with Crippen LogP contribution in [-0.2, 0) is 32.5 Å². The van der Waals surface area contributed by atoms with Gasteiger partial charge in [0.15, 0.2) is 5.76 Å². The molecule has 0 fully saturated rings. The normalized spacial score (nSPS) is 11.5. The van der Waals surface area contributed by atoms with Gasteiger partial charge in [0.2, 0.25) is 10.0 Å². The Morgan fingerprint density at radius 3 is 2.55 bits per heavy atom. The minimum Gasteiger partial charge on any atom is -0.495 e. The number of aryl methyl sites for hydroxylation is 1. The fourth-order valence-corrected chi connectivity index (χ4v) is 5.85. The molecule has 0 saturated heterocycles. The van der Waals surface area contributed by atoms with Crippen LogP contribution in [0.2, 0.25) is 0 Å². The largest absolute Gasteiger partial charge is 0.495 e. The summed E-state index contributed by atoms with van der Waals surface area (Å²) in [6, 6.07) is 18.4. The van der Waals surface area contributed by atoms with Crippen molar-refractivity contribution in [3.05, 3.63) is 101 Å². The summed E-state index contributed by atoms with van der Waals surface area (Å²) in [5, 5.41) is 4.42. The van der Waals surface area contributed by atoms with Crippen molar-refractivity contribution in [2.45, 2.75) is 37.1 Å². The van der Waals surface area contributed by atoms with Gasteiger partial charge in [-0.3, -0.25) is 14.2 Å². The molecule has 1 N–H and O–H groups in total. The summed E-state index contributed by atoms with van der Waals surface area (Å²) >= 11 is 0. The van der Waals surface area contributed by atoms with Crippen LogP contribution in [0.15, 0.2) is 87.0 Å². The van der Waals surface area contributed by atoms with Crippen LogP contribution in [-0.4, -0.2) is 43.3 Å². The molecule has 3 aromatic carbocycles. The summed E-state index contributed by atoms with van der Waals surface area (Å²) in [6.45, 7) is -0.155. The van der Waals surface area contributed by atoms with Crippen molar-refractivity contribution in [1.29, 1.82) is 0 Å². The lowest BCUT2D eigenvalue weighted by atomic mass is 10.1. The molecule has 2 aromatic heterocycles. The second kappa shape index (κ2) is 13.2. The highest BCUT2D eigenvalue weighted by atomic mass is 32.2. The number of rotatable bonds is 12. The third-order valence-electron chi connectivity index (χ3n) is 6.93. The van der Waals surface area contributed by atoms with E-state index in [0.29, 0.717) is 52.9 Å². The number of carbonyl (C=O) groups is 1. The van der Waals surface area contributed by atoms with E-state index in [9.17, 15) is 22.4 Å². The molecular formula is C31H29FN4O7S. The van der Waals surface area contributed by atoms with Gasteiger partial charge < -0.3 is 14.0 Å². The van der Waals surface area contributed by atoms with E-state index >= 15 is 0 Å². The lowest BCUT2D eigenvalue weighted by Crippen LogP contribution is -2.24. The zero-order chi connectivity index (χ0) is 31.3. The Hall–Kier alpha value is -4.88. The van der Waals surface area contributed by atoms with Crippen molar-refractivity contribution in [2.75, 3.05) is 14.2 Å². The topological polar surface area (TPSA) is 143 Å². The molecule has 0 unspecified atom stereocenters. The SMILES string of the molecule is COC(=O)CCCCc1nc2cc(-c3cc(CNS(=O)(=O)c4ccccc4OC)on3)ccc2c(=O)n1-c1ccc(F)cc1. The van der Waals surface area contributed by atoms with Gasteiger partial charge >= 0.3 is 5.97 Å². The third-order valence-corrected chi connectivity index (χ3v) is 8.37. The number of nitrogens with one attached hydrogen (secondary N) is 1. The molecule has 0 spiro atoms. The smallest absolute Gasteiger partial charge is 0.305 e. The van der Waals surface area contributed by atoms with E-state index in [0.717, 1.165) is 0 Å². The van der Waals surface area contributed by atoms with E-state index < -0.39 is 15.8 Å². The first-order valence-electron chi connectivity index (χ1n) is 13.7. The van der Waals surface area contributed by atoms with Crippen LogP contribution in [0, 0.1) is 5.82 Å². The van der Waals surface area contributed by atoms with E-state index in [2.05, 4.69) is 9.88 Å². The number of ether oxygens (including phenoxy) is 2. The fourth-order valence-electron chi connectivity index (χ4n) is 4.69. The molecule has 0 aliphatic heterocycles. The van der Waals surface area contributed by atoms with E-state index in [1.165, 1.54) is 49.1 Å².